The van der Waals surface area contributed by atoms with Crippen LogP contribution < -0.4 is 15.8 Å². The Morgan fingerprint density at radius 1 is 1.48 bits per heavy atom. The number of sulfonamides is 1. The normalized spacial score (nSPS) is 18.0. The summed E-state index contributed by atoms with van der Waals surface area (Å²) in [6, 6.07) is 3.95. The van der Waals surface area contributed by atoms with Crippen molar-refractivity contribution in [3.8, 4) is 11.8 Å². The topological polar surface area (TPSA) is 101 Å². The summed E-state index contributed by atoms with van der Waals surface area (Å²) >= 11 is 6.01. The maximum atomic E-state index is 12.3. The lowest BCUT2D eigenvalue weighted by molar-refractivity contribution is -0.119. The minimum atomic E-state index is -3.78. The van der Waals surface area contributed by atoms with E-state index in [0.717, 1.165) is 0 Å². The molecule has 0 bridgehead atoms. The number of rotatable bonds is 3. The lowest BCUT2D eigenvalue weighted by Crippen LogP contribution is -2.36. The first-order valence-electron chi connectivity index (χ1n) is 6.20. The molecule has 1 fully saturated rings. The summed E-state index contributed by atoms with van der Waals surface area (Å²) in [5.41, 5.74) is 5.86. The standard InChI is InChI=1S/C13H14ClN3O3S/c14-11-6-9(2-1-5-15)3-4-12(11)21(19,20)17-10-7-13(18)16-8-10/h3-4,6,10,17H,5,7-8,15H2,(H,16,18). The van der Waals surface area contributed by atoms with E-state index in [1.807, 2.05) is 0 Å². The summed E-state index contributed by atoms with van der Waals surface area (Å²) < 4.78 is 27.0. The van der Waals surface area contributed by atoms with Crippen molar-refractivity contribution in [1.29, 1.82) is 0 Å². The highest BCUT2D eigenvalue weighted by molar-refractivity contribution is 7.89. The van der Waals surface area contributed by atoms with Gasteiger partial charge < -0.3 is 11.1 Å². The van der Waals surface area contributed by atoms with Crippen LogP contribution in [-0.4, -0.2) is 33.5 Å². The van der Waals surface area contributed by atoms with Gasteiger partial charge in [0.05, 0.1) is 11.6 Å². The molecule has 0 radical (unpaired) electrons. The Labute approximate surface area is 128 Å². The van der Waals surface area contributed by atoms with Gasteiger partial charge in [-0.2, -0.15) is 0 Å². The van der Waals surface area contributed by atoms with Crippen molar-refractivity contribution < 1.29 is 13.2 Å². The number of nitrogens with two attached hydrogens (primary N) is 1. The third-order valence-corrected chi connectivity index (χ3v) is 4.86. The number of carbonyl (C=O) groups is 1. The first-order valence-corrected chi connectivity index (χ1v) is 8.06. The van der Waals surface area contributed by atoms with Gasteiger partial charge >= 0.3 is 0 Å². The molecule has 6 nitrogen and oxygen atoms in total. The number of carbonyl (C=O) groups excluding carboxylic acids is 1. The van der Waals surface area contributed by atoms with Crippen LogP contribution in [0.2, 0.25) is 5.02 Å². The number of hydrogen-bond donors (Lipinski definition) is 3. The van der Waals surface area contributed by atoms with Gasteiger partial charge in [-0.25, -0.2) is 13.1 Å². The molecule has 0 spiro atoms. The zero-order chi connectivity index (χ0) is 15.5. The summed E-state index contributed by atoms with van der Waals surface area (Å²) in [7, 11) is -3.78. The van der Waals surface area contributed by atoms with Crippen molar-refractivity contribution >= 4 is 27.5 Å². The second-order valence-electron chi connectivity index (χ2n) is 4.48. The van der Waals surface area contributed by atoms with Crippen LogP contribution in [0.4, 0.5) is 0 Å². The first kappa shape index (κ1) is 15.8. The zero-order valence-electron chi connectivity index (χ0n) is 11.0. The van der Waals surface area contributed by atoms with Crippen LogP contribution in [0.3, 0.4) is 0 Å². The summed E-state index contributed by atoms with van der Waals surface area (Å²) in [5, 5.41) is 2.63. The van der Waals surface area contributed by atoms with Crippen molar-refractivity contribution in [2.45, 2.75) is 17.4 Å². The fourth-order valence-corrected chi connectivity index (χ4v) is 3.70. The van der Waals surface area contributed by atoms with Crippen molar-refractivity contribution in [3.63, 3.8) is 0 Å². The van der Waals surface area contributed by atoms with Gasteiger partial charge in [-0.1, -0.05) is 23.4 Å². The number of hydrogen-bond acceptors (Lipinski definition) is 4. The number of benzene rings is 1. The van der Waals surface area contributed by atoms with Gasteiger partial charge in [-0.05, 0) is 18.2 Å². The Morgan fingerprint density at radius 2 is 2.24 bits per heavy atom. The van der Waals surface area contributed by atoms with Gasteiger partial charge in [-0.3, -0.25) is 4.79 Å². The molecule has 1 unspecified atom stereocenters. The van der Waals surface area contributed by atoms with Crippen LogP contribution in [0, 0.1) is 11.8 Å². The third kappa shape index (κ3) is 3.95. The van der Waals surface area contributed by atoms with Gasteiger partial charge in [0.1, 0.15) is 4.90 Å². The third-order valence-electron chi connectivity index (χ3n) is 2.86. The molecule has 0 saturated carbocycles. The monoisotopic (exact) mass is 327 g/mol. The molecule has 1 aliphatic heterocycles. The molecular weight excluding hydrogens is 314 g/mol. The molecule has 1 aliphatic rings. The molecule has 1 atom stereocenters. The van der Waals surface area contributed by atoms with E-state index < -0.39 is 16.1 Å². The Hall–Kier alpha value is -1.59. The molecule has 4 N–H and O–H groups in total. The van der Waals surface area contributed by atoms with Crippen molar-refractivity contribution in [2.75, 3.05) is 13.1 Å². The largest absolute Gasteiger partial charge is 0.354 e. The average molecular weight is 328 g/mol. The maximum absolute atomic E-state index is 12.3. The van der Waals surface area contributed by atoms with Crippen molar-refractivity contribution in [2.24, 2.45) is 5.73 Å². The van der Waals surface area contributed by atoms with E-state index in [-0.39, 0.29) is 35.3 Å². The Kier molecular flexibility index (Phi) is 4.85. The zero-order valence-corrected chi connectivity index (χ0v) is 12.6. The molecule has 21 heavy (non-hydrogen) atoms. The molecule has 0 aromatic heterocycles. The van der Waals surface area contributed by atoms with Gasteiger partial charge in [-0.15, -0.1) is 0 Å². The van der Waals surface area contributed by atoms with E-state index >= 15 is 0 Å². The van der Waals surface area contributed by atoms with Crippen LogP contribution in [-0.2, 0) is 14.8 Å². The molecule has 1 heterocycles. The molecule has 1 saturated heterocycles. The molecular formula is C13H14ClN3O3S. The molecule has 8 heteroatoms. The Balaban J connectivity index is 2.22. The van der Waals surface area contributed by atoms with E-state index in [1.54, 1.807) is 6.07 Å². The molecule has 1 aromatic carbocycles. The van der Waals surface area contributed by atoms with Crippen molar-refractivity contribution in [1.82, 2.24) is 10.0 Å². The fourth-order valence-electron chi connectivity index (χ4n) is 1.92. The van der Waals surface area contributed by atoms with E-state index in [9.17, 15) is 13.2 Å². The highest BCUT2D eigenvalue weighted by atomic mass is 35.5. The maximum Gasteiger partial charge on any atom is 0.242 e. The second-order valence-corrected chi connectivity index (χ2v) is 6.57. The van der Waals surface area contributed by atoms with E-state index in [2.05, 4.69) is 21.9 Å². The van der Waals surface area contributed by atoms with Crippen LogP contribution in [0.25, 0.3) is 0 Å². The summed E-state index contributed by atoms with van der Waals surface area (Å²) in [6.07, 6.45) is 0.122. The first-order chi connectivity index (χ1) is 9.92. The average Bonchev–Trinajstić information content (AvgIpc) is 2.80. The van der Waals surface area contributed by atoms with Crippen LogP contribution in [0.1, 0.15) is 12.0 Å². The predicted molar refractivity (Wildman–Crippen MR) is 79.1 cm³/mol. The molecule has 1 aromatic rings. The quantitative estimate of drug-likeness (QED) is 0.670. The predicted octanol–water partition coefficient (Wildman–Crippen LogP) is -0.183. The highest BCUT2D eigenvalue weighted by Crippen LogP contribution is 2.23. The SMILES string of the molecule is NCC#Cc1ccc(S(=O)(=O)NC2CNC(=O)C2)c(Cl)c1. The van der Waals surface area contributed by atoms with E-state index in [0.29, 0.717) is 5.56 Å². The molecule has 112 valence electrons. The number of amides is 1. The second kappa shape index (κ2) is 6.45. The molecule has 0 aliphatic carbocycles. The summed E-state index contributed by atoms with van der Waals surface area (Å²) in [5.74, 6) is 5.26. The van der Waals surface area contributed by atoms with E-state index in [1.165, 1.54) is 12.1 Å². The van der Waals surface area contributed by atoms with Crippen LogP contribution >= 0.6 is 11.6 Å². The fraction of sp³-hybridized carbons (Fsp3) is 0.308. The van der Waals surface area contributed by atoms with Crippen LogP contribution in [0.5, 0.6) is 0 Å². The minimum absolute atomic E-state index is 0.0400. The van der Waals surface area contributed by atoms with Gasteiger partial charge in [0.2, 0.25) is 15.9 Å². The number of halogens is 1. The summed E-state index contributed by atoms with van der Waals surface area (Å²) in [4.78, 5) is 11.1. The molecule has 1 amide bonds. The van der Waals surface area contributed by atoms with E-state index in [4.69, 9.17) is 17.3 Å². The molecule has 2 rings (SSSR count). The lowest BCUT2D eigenvalue weighted by atomic mass is 10.2. The Morgan fingerprint density at radius 3 is 2.81 bits per heavy atom. The van der Waals surface area contributed by atoms with Crippen molar-refractivity contribution in [3.05, 3.63) is 28.8 Å². The Bertz CT molecular complexity index is 722. The highest BCUT2D eigenvalue weighted by Gasteiger charge is 2.28. The van der Waals surface area contributed by atoms with Gasteiger partial charge in [0.15, 0.2) is 0 Å². The van der Waals surface area contributed by atoms with Crippen LogP contribution in [0.15, 0.2) is 23.1 Å². The number of nitrogens with one attached hydrogen (secondary N) is 2. The minimum Gasteiger partial charge on any atom is -0.354 e. The lowest BCUT2D eigenvalue weighted by Gasteiger charge is -2.12. The van der Waals surface area contributed by atoms with Gasteiger partial charge in [0.25, 0.3) is 0 Å². The summed E-state index contributed by atoms with van der Waals surface area (Å²) in [6.45, 7) is 0.484. The van der Waals surface area contributed by atoms with Gasteiger partial charge in [0, 0.05) is 24.6 Å². The smallest absolute Gasteiger partial charge is 0.242 e.